The Kier molecular flexibility index (Phi) is 5.40. The van der Waals surface area contributed by atoms with Crippen molar-refractivity contribution in [3.8, 4) is 0 Å². The molecule has 0 saturated carbocycles. The number of rotatable bonds is 3. The predicted octanol–water partition coefficient (Wildman–Crippen LogP) is 4.05. The number of piperidine rings is 1. The quantitative estimate of drug-likeness (QED) is 0.742. The van der Waals surface area contributed by atoms with Crippen molar-refractivity contribution in [1.29, 1.82) is 0 Å². The molecule has 152 valence electrons. The maximum Gasteiger partial charge on any atom is 0.243 e. The molecule has 29 heavy (non-hydrogen) atoms. The summed E-state index contributed by atoms with van der Waals surface area (Å²) in [7, 11) is -3.48. The molecule has 1 fully saturated rings. The highest BCUT2D eigenvalue weighted by Crippen LogP contribution is 2.36. The molecule has 2 aliphatic rings. The van der Waals surface area contributed by atoms with Crippen molar-refractivity contribution >= 4 is 32.5 Å². The molecule has 2 aromatic rings. The first kappa shape index (κ1) is 20.3. The van der Waals surface area contributed by atoms with Crippen LogP contribution in [0.4, 0.5) is 0 Å². The van der Waals surface area contributed by atoms with E-state index >= 15 is 0 Å². The summed E-state index contributed by atoms with van der Waals surface area (Å²) in [5.41, 5.74) is 3.70. The van der Waals surface area contributed by atoms with Gasteiger partial charge in [-0.05, 0) is 32.2 Å². The van der Waals surface area contributed by atoms with E-state index in [1.54, 1.807) is 28.2 Å². The molecule has 1 saturated heterocycles. The maximum absolute atomic E-state index is 13.0. The van der Waals surface area contributed by atoms with Gasteiger partial charge in [-0.1, -0.05) is 47.5 Å². The Morgan fingerprint density at radius 2 is 1.45 bits per heavy atom. The Bertz CT molecular complexity index is 1060. The number of benzene rings is 2. The fourth-order valence-electron chi connectivity index (χ4n) is 3.73. The van der Waals surface area contributed by atoms with Gasteiger partial charge < -0.3 is 0 Å². The Hall–Kier alpha value is -1.96. The average molecular weight is 428 g/mol. The van der Waals surface area contributed by atoms with E-state index in [1.165, 1.54) is 5.56 Å². The van der Waals surface area contributed by atoms with Crippen LogP contribution in [-0.2, 0) is 10.0 Å². The predicted molar refractivity (Wildman–Crippen MR) is 121 cm³/mol. The monoisotopic (exact) mass is 427 g/mol. The van der Waals surface area contributed by atoms with Crippen molar-refractivity contribution in [2.24, 2.45) is 9.98 Å². The third-order valence-electron chi connectivity index (χ3n) is 5.53. The molecule has 5 nitrogen and oxygen atoms in total. The lowest BCUT2D eigenvalue weighted by atomic mass is 10.00. The van der Waals surface area contributed by atoms with E-state index in [-0.39, 0.29) is 0 Å². The highest BCUT2D eigenvalue weighted by Gasteiger charge is 2.42. The maximum atomic E-state index is 13.0. The smallest absolute Gasteiger partial charge is 0.243 e. The fourth-order valence-corrected chi connectivity index (χ4v) is 5.79. The van der Waals surface area contributed by atoms with Gasteiger partial charge in [0.15, 0.2) is 5.66 Å². The highest BCUT2D eigenvalue weighted by atomic mass is 32.2. The van der Waals surface area contributed by atoms with E-state index in [2.05, 4.69) is 31.2 Å². The molecule has 0 atom stereocenters. The van der Waals surface area contributed by atoms with Gasteiger partial charge in [-0.25, -0.2) is 13.4 Å². The van der Waals surface area contributed by atoms with Crippen molar-refractivity contribution in [3.63, 3.8) is 0 Å². The SMILES string of the molecule is CSC1=NC2(CCN(S(=O)(=O)c3ccc(C)cc3)CC2)N=C1c1ccc(C)cc1. The molecule has 4 rings (SSSR count). The minimum absolute atomic E-state index is 0.350. The average Bonchev–Trinajstić information content (AvgIpc) is 3.07. The molecule has 0 amide bonds. The second-order valence-electron chi connectivity index (χ2n) is 7.65. The van der Waals surface area contributed by atoms with Crippen molar-refractivity contribution in [3.05, 3.63) is 65.2 Å². The largest absolute Gasteiger partial charge is 0.252 e. The Labute approximate surface area is 177 Å². The van der Waals surface area contributed by atoms with Gasteiger partial charge in [0.25, 0.3) is 0 Å². The van der Waals surface area contributed by atoms with Crippen LogP contribution in [0, 0.1) is 13.8 Å². The van der Waals surface area contributed by atoms with Crippen molar-refractivity contribution in [2.75, 3.05) is 19.3 Å². The summed E-state index contributed by atoms with van der Waals surface area (Å²) in [5, 5.41) is 0.934. The standard InChI is InChI=1S/C22H25N3O2S2/c1-16-4-8-18(9-5-16)20-21(28-3)24-22(23-20)12-14-25(15-13-22)29(26,27)19-10-6-17(2)7-11-19/h4-11H,12-15H2,1-3H3. The van der Waals surface area contributed by atoms with E-state index in [4.69, 9.17) is 9.98 Å². The minimum atomic E-state index is -3.48. The summed E-state index contributed by atoms with van der Waals surface area (Å²) < 4.78 is 27.5. The number of hydrogen-bond donors (Lipinski definition) is 0. The van der Waals surface area contributed by atoms with Crippen molar-refractivity contribution in [1.82, 2.24) is 4.31 Å². The second kappa shape index (κ2) is 7.70. The van der Waals surface area contributed by atoms with Crippen LogP contribution in [0.3, 0.4) is 0 Å². The lowest BCUT2D eigenvalue weighted by molar-refractivity contribution is 0.249. The normalized spacial score (nSPS) is 19.3. The number of aryl methyl sites for hydroxylation is 2. The molecule has 0 aliphatic carbocycles. The van der Waals surface area contributed by atoms with Gasteiger partial charge in [-0.3, -0.25) is 4.99 Å². The van der Waals surface area contributed by atoms with Crippen LogP contribution in [-0.4, -0.2) is 48.5 Å². The molecule has 0 N–H and O–H groups in total. The Morgan fingerprint density at radius 1 is 0.897 bits per heavy atom. The molecule has 2 heterocycles. The molecule has 0 radical (unpaired) electrons. The van der Waals surface area contributed by atoms with Crippen molar-refractivity contribution < 1.29 is 8.42 Å². The molecule has 2 aliphatic heterocycles. The van der Waals surface area contributed by atoms with Gasteiger partial charge in [-0.2, -0.15) is 4.31 Å². The van der Waals surface area contributed by atoms with E-state index in [0.29, 0.717) is 30.8 Å². The summed E-state index contributed by atoms with van der Waals surface area (Å²) in [6.07, 6.45) is 3.20. The summed E-state index contributed by atoms with van der Waals surface area (Å²) in [5.74, 6) is 0. The number of hydrogen-bond acceptors (Lipinski definition) is 5. The molecular weight excluding hydrogens is 402 g/mol. The first-order valence-electron chi connectivity index (χ1n) is 9.71. The lowest BCUT2D eigenvalue weighted by Gasteiger charge is -2.34. The summed E-state index contributed by atoms with van der Waals surface area (Å²) in [4.78, 5) is 10.3. The first-order valence-corrected chi connectivity index (χ1v) is 12.4. The zero-order valence-electron chi connectivity index (χ0n) is 16.9. The third-order valence-corrected chi connectivity index (χ3v) is 8.12. The fraction of sp³-hybridized carbons (Fsp3) is 0.364. The molecule has 2 aromatic carbocycles. The van der Waals surface area contributed by atoms with E-state index in [1.807, 2.05) is 25.3 Å². The topological polar surface area (TPSA) is 62.1 Å². The summed E-state index contributed by atoms with van der Waals surface area (Å²) in [6.45, 7) is 4.86. The number of nitrogens with zero attached hydrogens (tertiary/aromatic N) is 3. The lowest BCUT2D eigenvalue weighted by Crippen LogP contribution is -2.44. The zero-order chi connectivity index (χ0) is 20.6. The van der Waals surface area contributed by atoms with Crippen LogP contribution in [0.15, 0.2) is 63.4 Å². The molecule has 0 aromatic heterocycles. The van der Waals surface area contributed by atoms with Gasteiger partial charge in [0.2, 0.25) is 10.0 Å². The van der Waals surface area contributed by atoms with Crippen LogP contribution in [0.2, 0.25) is 0 Å². The van der Waals surface area contributed by atoms with Crippen LogP contribution in [0.5, 0.6) is 0 Å². The van der Waals surface area contributed by atoms with Crippen molar-refractivity contribution in [2.45, 2.75) is 37.2 Å². The summed E-state index contributed by atoms with van der Waals surface area (Å²) >= 11 is 1.60. The van der Waals surface area contributed by atoms with Gasteiger partial charge >= 0.3 is 0 Å². The van der Waals surface area contributed by atoms with Crippen LogP contribution >= 0.6 is 11.8 Å². The van der Waals surface area contributed by atoms with Crippen LogP contribution in [0.1, 0.15) is 29.5 Å². The van der Waals surface area contributed by atoms with Gasteiger partial charge in [0, 0.05) is 31.5 Å². The third kappa shape index (κ3) is 3.91. The molecule has 1 spiro atoms. The first-order chi connectivity index (χ1) is 13.8. The van der Waals surface area contributed by atoms with Crippen LogP contribution < -0.4 is 0 Å². The van der Waals surface area contributed by atoms with E-state index in [0.717, 1.165) is 21.9 Å². The molecule has 0 unspecified atom stereocenters. The Balaban J connectivity index is 1.56. The van der Waals surface area contributed by atoms with Crippen LogP contribution in [0.25, 0.3) is 0 Å². The Morgan fingerprint density at radius 3 is 2.00 bits per heavy atom. The van der Waals surface area contributed by atoms with E-state index in [9.17, 15) is 8.42 Å². The number of thioether (sulfide) groups is 1. The number of aliphatic imine (C=N–C) groups is 2. The minimum Gasteiger partial charge on any atom is -0.252 e. The molecular formula is C22H25N3O2S2. The van der Waals surface area contributed by atoms with E-state index < -0.39 is 15.7 Å². The zero-order valence-corrected chi connectivity index (χ0v) is 18.6. The highest BCUT2D eigenvalue weighted by molar-refractivity contribution is 8.15. The van der Waals surface area contributed by atoms with Gasteiger partial charge in [-0.15, -0.1) is 11.8 Å². The van der Waals surface area contributed by atoms with Gasteiger partial charge in [0.1, 0.15) is 5.04 Å². The molecule has 0 bridgehead atoms. The second-order valence-corrected chi connectivity index (χ2v) is 10.4. The van der Waals surface area contributed by atoms with Gasteiger partial charge in [0.05, 0.1) is 10.6 Å². The molecule has 7 heteroatoms. The summed E-state index contributed by atoms with van der Waals surface area (Å²) in [6, 6.07) is 15.4. The number of sulfonamides is 1.